The minimum atomic E-state index is -4.49. The van der Waals surface area contributed by atoms with Crippen LogP contribution in [0.3, 0.4) is 0 Å². The fourth-order valence-corrected chi connectivity index (χ4v) is 3.84. The average molecular weight is 436 g/mol. The number of rotatable bonds is 9. The molecule has 0 radical (unpaired) electrons. The van der Waals surface area contributed by atoms with Gasteiger partial charge in [-0.25, -0.2) is 0 Å². The second kappa shape index (κ2) is 10.0. The van der Waals surface area contributed by atoms with Gasteiger partial charge in [0.2, 0.25) is 0 Å². The van der Waals surface area contributed by atoms with Crippen LogP contribution in [0.25, 0.3) is 0 Å². The molecule has 1 saturated carbocycles. The molecule has 0 unspecified atom stereocenters. The number of hydrogen-bond donors (Lipinski definition) is 0. The maximum atomic E-state index is 13.3. The Morgan fingerprint density at radius 3 is 2.45 bits per heavy atom. The highest BCUT2D eigenvalue weighted by molar-refractivity contribution is 6.00. The highest BCUT2D eigenvalue weighted by Crippen LogP contribution is 2.46. The van der Waals surface area contributed by atoms with Gasteiger partial charge in [-0.15, -0.1) is 0 Å². The molecule has 166 valence electrons. The van der Waals surface area contributed by atoms with Crippen LogP contribution in [0.5, 0.6) is 5.75 Å². The fourth-order valence-electron chi connectivity index (χ4n) is 3.84. The normalized spacial score (nSPS) is 20.4. The first-order valence-corrected chi connectivity index (χ1v) is 9.78. The maximum absolute atomic E-state index is 13.3. The van der Waals surface area contributed by atoms with E-state index in [1.54, 1.807) is 12.2 Å². The molecule has 0 heterocycles. The van der Waals surface area contributed by atoms with Crippen molar-refractivity contribution in [2.24, 2.45) is 5.92 Å². The molecule has 0 aromatic heterocycles. The summed E-state index contributed by atoms with van der Waals surface area (Å²) in [5.41, 5.74) is 5.46. The number of Topliss-reactive ketones (excluding diaryl/α,β-unsaturated/α-hetero) is 1. The molecule has 0 spiro atoms. The molecule has 3 rings (SSSR count). The van der Waals surface area contributed by atoms with E-state index < -0.39 is 23.6 Å². The summed E-state index contributed by atoms with van der Waals surface area (Å²) in [6.45, 7) is -0.0580. The number of benzene rings is 1. The molecule has 5 nitrogen and oxygen atoms in total. The molecular formula is C23H23F3O5. The Kier molecular flexibility index (Phi) is 7.42. The van der Waals surface area contributed by atoms with Crippen molar-refractivity contribution in [2.75, 3.05) is 27.8 Å². The van der Waals surface area contributed by atoms with E-state index in [-0.39, 0.29) is 19.4 Å². The van der Waals surface area contributed by atoms with Gasteiger partial charge in [0.05, 0.1) is 11.1 Å². The molecule has 31 heavy (non-hydrogen) atoms. The van der Waals surface area contributed by atoms with Crippen LogP contribution in [0.2, 0.25) is 0 Å². The summed E-state index contributed by atoms with van der Waals surface area (Å²) in [6.07, 6.45) is 0.546. The third-order valence-electron chi connectivity index (χ3n) is 5.24. The van der Waals surface area contributed by atoms with E-state index in [2.05, 4.69) is 11.5 Å². The van der Waals surface area contributed by atoms with Gasteiger partial charge in [-0.1, -0.05) is 12.2 Å². The molecule has 1 fully saturated rings. The second-order valence-electron chi connectivity index (χ2n) is 7.22. The molecule has 0 bridgehead atoms. The lowest BCUT2D eigenvalue weighted by molar-refractivity contribution is -0.137. The van der Waals surface area contributed by atoms with Crippen molar-refractivity contribution < 1.29 is 36.9 Å². The number of carbonyl (C=O) groups is 1. The van der Waals surface area contributed by atoms with E-state index in [0.717, 1.165) is 18.6 Å². The van der Waals surface area contributed by atoms with Gasteiger partial charge in [0, 0.05) is 20.1 Å². The summed E-state index contributed by atoms with van der Waals surface area (Å²) in [5.74, 6) is -0.400. The van der Waals surface area contributed by atoms with Crippen molar-refractivity contribution in [3.05, 3.63) is 64.3 Å². The number of ether oxygens (including phenoxy) is 4. The summed E-state index contributed by atoms with van der Waals surface area (Å²) in [7, 11) is 2.91. The zero-order chi connectivity index (χ0) is 22.4. The van der Waals surface area contributed by atoms with Gasteiger partial charge in [0.1, 0.15) is 5.75 Å². The molecule has 0 N–H and O–H groups in total. The maximum Gasteiger partial charge on any atom is 0.416 e. The molecule has 1 aromatic rings. The monoisotopic (exact) mass is 436 g/mol. The van der Waals surface area contributed by atoms with Crippen molar-refractivity contribution in [1.29, 1.82) is 0 Å². The van der Waals surface area contributed by atoms with Crippen molar-refractivity contribution in [2.45, 2.75) is 31.4 Å². The van der Waals surface area contributed by atoms with Gasteiger partial charge in [-0.2, -0.15) is 13.2 Å². The molecular weight excluding hydrogens is 413 g/mol. The molecule has 2 atom stereocenters. The summed E-state index contributed by atoms with van der Waals surface area (Å²) in [4.78, 5) is 13.2. The zero-order valence-corrected chi connectivity index (χ0v) is 17.3. The standard InChI is InChI=1S/C23H23F3O5/c1-28-13-30-17-9-6-15(7-10-17)22(27)19-5-3-4-18(19)20-12-16(23(24,25)26)8-11-21(20)31-14-29-2/h6,8-9,11-12,18-19H,3-5,13-14H2,1-2H3/t18-,19+/m1/s1. The zero-order valence-electron chi connectivity index (χ0n) is 17.3. The van der Waals surface area contributed by atoms with E-state index in [1.165, 1.54) is 20.3 Å². The van der Waals surface area contributed by atoms with Gasteiger partial charge < -0.3 is 18.9 Å². The lowest BCUT2D eigenvalue weighted by Crippen LogP contribution is -2.20. The molecule has 0 aliphatic heterocycles. The predicted octanol–water partition coefficient (Wildman–Crippen LogP) is 4.90. The molecule has 0 amide bonds. The number of halogens is 3. The van der Waals surface area contributed by atoms with Crippen molar-refractivity contribution in [3.63, 3.8) is 0 Å². The van der Waals surface area contributed by atoms with Crippen LogP contribution in [-0.4, -0.2) is 33.6 Å². The van der Waals surface area contributed by atoms with Gasteiger partial charge in [-0.3, -0.25) is 4.79 Å². The van der Waals surface area contributed by atoms with Crippen LogP contribution in [0, 0.1) is 5.92 Å². The van der Waals surface area contributed by atoms with Crippen molar-refractivity contribution >= 4 is 5.78 Å². The first-order chi connectivity index (χ1) is 14.8. The van der Waals surface area contributed by atoms with E-state index >= 15 is 0 Å². The number of hydrogen-bond acceptors (Lipinski definition) is 5. The number of carbonyl (C=O) groups excluding carboxylic acids is 1. The van der Waals surface area contributed by atoms with Crippen LogP contribution >= 0.6 is 0 Å². The smallest absolute Gasteiger partial charge is 0.416 e. The number of methoxy groups -OCH3 is 2. The summed E-state index contributed by atoms with van der Waals surface area (Å²) in [6, 6.07) is 3.35. The van der Waals surface area contributed by atoms with Crippen LogP contribution < -0.4 is 4.74 Å². The summed E-state index contributed by atoms with van der Waals surface area (Å²) < 4.78 is 60.4. The Balaban J connectivity index is 1.92. The molecule has 0 saturated heterocycles. The highest BCUT2D eigenvalue weighted by Gasteiger charge is 2.38. The summed E-state index contributed by atoms with van der Waals surface area (Å²) >= 11 is 0. The van der Waals surface area contributed by atoms with E-state index in [0.29, 0.717) is 35.5 Å². The van der Waals surface area contributed by atoms with Gasteiger partial charge in [0.15, 0.2) is 25.1 Å². The fraction of sp³-hybridized carbons (Fsp3) is 0.435. The Morgan fingerprint density at radius 1 is 1.06 bits per heavy atom. The van der Waals surface area contributed by atoms with Gasteiger partial charge in [-0.05, 0) is 60.4 Å². The van der Waals surface area contributed by atoms with Crippen molar-refractivity contribution in [1.82, 2.24) is 0 Å². The highest BCUT2D eigenvalue weighted by atomic mass is 19.4. The van der Waals surface area contributed by atoms with Crippen LogP contribution in [-0.2, 0) is 25.2 Å². The Labute approximate surface area is 178 Å². The quantitative estimate of drug-likeness (QED) is 0.407. The third kappa shape index (κ3) is 5.49. The topological polar surface area (TPSA) is 54.0 Å². The number of ketones is 1. The molecule has 1 aromatic carbocycles. The minimum Gasteiger partial charge on any atom is -0.467 e. The largest absolute Gasteiger partial charge is 0.467 e. The lowest BCUT2D eigenvalue weighted by Gasteiger charge is -2.23. The molecule has 2 aliphatic carbocycles. The average Bonchev–Trinajstić information content (AvgIpc) is 3.25. The second-order valence-corrected chi connectivity index (χ2v) is 7.22. The van der Waals surface area contributed by atoms with Crippen LogP contribution in [0.15, 0.2) is 53.1 Å². The Morgan fingerprint density at radius 2 is 1.81 bits per heavy atom. The van der Waals surface area contributed by atoms with Crippen LogP contribution in [0.4, 0.5) is 13.2 Å². The van der Waals surface area contributed by atoms with E-state index in [9.17, 15) is 18.0 Å². The Bertz CT molecular complexity index is 950. The third-order valence-corrected chi connectivity index (χ3v) is 5.24. The van der Waals surface area contributed by atoms with Gasteiger partial charge >= 0.3 is 6.18 Å². The van der Waals surface area contributed by atoms with Gasteiger partial charge in [0.25, 0.3) is 0 Å². The molecule has 8 heteroatoms. The first kappa shape index (κ1) is 22.9. The van der Waals surface area contributed by atoms with E-state index in [4.69, 9.17) is 18.9 Å². The minimum absolute atomic E-state index is 0.0438. The lowest BCUT2D eigenvalue weighted by atomic mass is 9.82. The Hall–Kier alpha value is -2.76. The molecule has 2 aliphatic rings. The van der Waals surface area contributed by atoms with E-state index in [1.807, 2.05) is 0 Å². The van der Waals surface area contributed by atoms with Crippen molar-refractivity contribution in [3.8, 4) is 5.75 Å². The SMILES string of the molecule is COCOC1=C=C=C(C(=O)[C@H]2CCC[C@H]2c2cc(C(F)(F)F)ccc2OCOC)C=C1. The van der Waals surface area contributed by atoms with Crippen LogP contribution in [0.1, 0.15) is 36.3 Å². The predicted molar refractivity (Wildman–Crippen MR) is 105 cm³/mol. The summed E-state index contributed by atoms with van der Waals surface area (Å²) in [5, 5.41) is 0. The first-order valence-electron chi connectivity index (χ1n) is 9.78. The number of alkyl halides is 3. The number of allylic oxidation sites excluding steroid dienone is 3.